The van der Waals surface area contributed by atoms with Crippen LogP contribution in [0, 0.1) is 0 Å². The third-order valence-electron chi connectivity index (χ3n) is 3.73. The Morgan fingerprint density at radius 1 is 1.23 bits per heavy atom. The first-order valence-corrected chi connectivity index (χ1v) is 8.63. The number of nitrogens with two attached hydrogens (primary N) is 1. The molecule has 2 N–H and O–H groups in total. The lowest BCUT2D eigenvalue weighted by Gasteiger charge is -2.28. The van der Waals surface area contributed by atoms with Gasteiger partial charge in [-0.3, -0.25) is 0 Å². The molecular formula is C14H23ClN6S. The van der Waals surface area contributed by atoms with Crippen molar-refractivity contribution >= 4 is 41.0 Å². The molecule has 0 aliphatic carbocycles. The first-order valence-electron chi connectivity index (χ1n) is 7.65. The number of thioether (sulfide) groups is 1. The number of hydrogen-bond donors (Lipinski definition) is 1. The quantitative estimate of drug-likeness (QED) is 0.664. The predicted molar refractivity (Wildman–Crippen MR) is 94.1 cm³/mol. The Balaban J connectivity index is 0.00000176. The summed E-state index contributed by atoms with van der Waals surface area (Å²) in [6.45, 7) is 5.52. The molecule has 2 aromatic rings. The monoisotopic (exact) mass is 342 g/mol. The number of halogens is 1. The van der Waals surface area contributed by atoms with Crippen LogP contribution in [0.25, 0.3) is 11.0 Å². The van der Waals surface area contributed by atoms with Crippen LogP contribution in [0.1, 0.15) is 26.2 Å². The molecule has 0 aromatic carbocycles. The topological polar surface area (TPSA) is 72.9 Å². The van der Waals surface area contributed by atoms with Gasteiger partial charge in [-0.15, -0.1) is 12.4 Å². The first kappa shape index (κ1) is 17.3. The summed E-state index contributed by atoms with van der Waals surface area (Å²) in [5, 5.41) is 6.32. The van der Waals surface area contributed by atoms with Crippen molar-refractivity contribution in [3.63, 3.8) is 0 Å². The molecule has 3 rings (SSSR count). The van der Waals surface area contributed by atoms with Gasteiger partial charge in [-0.25, -0.2) is 14.6 Å². The van der Waals surface area contributed by atoms with Gasteiger partial charge >= 0.3 is 0 Å². The van der Waals surface area contributed by atoms with Gasteiger partial charge in [-0.1, -0.05) is 18.7 Å². The second-order valence-electron chi connectivity index (χ2n) is 5.20. The van der Waals surface area contributed by atoms with Crippen molar-refractivity contribution in [1.82, 2.24) is 19.7 Å². The number of fused-ring (bicyclic) bond motifs is 1. The molecule has 22 heavy (non-hydrogen) atoms. The van der Waals surface area contributed by atoms with E-state index in [4.69, 9.17) is 10.7 Å². The van der Waals surface area contributed by atoms with Gasteiger partial charge in [0.05, 0.1) is 18.1 Å². The zero-order valence-corrected chi connectivity index (χ0v) is 14.5. The largest absolute Gasteiger partial charge is 0.356 e. The Bertz CT molecular complexity index is 611. The van der Waals surface area contributed by atoms with E-state index in [1.807, 2.05) is 10.9 Å². The lowest BCUT2D eigenvalue weighted by atomic mass is 10.1. The zero-order chi connectivity index (χ0) is 14.7. The summed E-state index contributed by atoms with van der Waals surface area (Å²) in [6, 6.07) is 0. The highest BCUT2D eigenvalue weighted by Crippen LogP contribution is 2.28. The molecule has 2 aromatic heterocycles. The Hall–Kier alpha value is -1.05. The van der Waals surface area contributed by atoms with E-state index in [1.165, 1.54) is 19.3 Å². The highest BCUT2D eigenvalue weighted by Gasteiger charge is 2.19. The molecule has 1 aliphatic heterocycles. The van der Waals surface area contributed by atoms with E-state index in [0.717, 1.165) is 40.9 Å². The van der Waals surface area contributed by atoms with E-state index in [-0.39, 0.29) is 12.4 Å². The van der Waals surface area contributed by atoms with Crippen LogP contribution in [-0.4, -0.2) is 45.1 Å². The number of piperidine rings is 1. The molecule has 1 fully saturated rings. The molecule has 0 amide bonds. The zero-order valence-electron chi connectivity index (χ0n) is 12.9. The highest BCUT2D eigenvalue weighted by molar-refractivity contribution is 7.99. The number of nitrogens with zero attached hydrogens (tertiary/aromatic N) is 5. The molecule has 122 valence electrons. The molecule has 1 saturated heterocycles. The van der Waals surface area contributed by atoms with Crippen LogP contribution in [0.5, 0.6) is 0 Å². The summed E-state index contributed by atoms with van der Waals surface area (Å²) in [5.74, 6) is 2.01. The number of anilines is 1. The smallest absolute Gasteiger partial charge is 0.191 e. The molecule has 3 heterocycles. The average molecular weight is 343 g/mol. The lowest BCUT2D eigenvalue weighted by Crippen LogP contribution is -2.30. The molecule has 0 spiro atoms. The minimum absolute atomic E-state index is 0. The number of rotatable bonds is 5. The van der Waals surface area contributed by atoms with Crippen LogP contribution in [0.3, 0.4) is 0 Å². The first-order chi connectivity index (χ1) is 10.3. The fourth-order valence-corrected chi connectivity index (χ4v) is 3.31. The molecule has 0 atom stereocenters. The van der Waals surface area contributed by atoms with Crippen LogP contribution < -0.4 is 10.6 Å². The molecule has 1 aliphatic rings. The summed E-state index contributed by atoms with van der Waals surface area (Å²) in [5.41, 5.74) is 6.58. The Labute approximate surface area is 141 Å². The minimum atomic E-state index is 0. The van der Waals surface area contributed by atoms with Gasteiger partial charge in [0.1, 0.15) is 5.82 Å². The van der Waals surface area contributed by atoms with Crippen LogP contribution in [0.4, 0.5) is 5.82 Å². The van der Waals surface area contributed by atoms with Crippen LogP contribution in [-0.2, 0) is 6.54 Å². The number of hydrogen-bond acceptors (Lipinski definition) is 6. The van der Waals surface area contributed by atoms with Crippen LogP contribution in [0.15, 0.2) is 11.4 Å². The Morgan fingerprint density at radius 3 is 2.68 bits per heavy atom. The molecule has 0 radical (unpaired) electrons. The SMILES string of the molecule is CCSc1nc(N2CCCCC2)c2cnn(CCN)c2n1.Cl. The predicted octanol–water partition coefficient (Wildman–Crippen LogP) is 2.31. The second-order valence-corrected chi connectivity index (χ2v) is 6.44. The summed E-state index contributed by atoms with van der Waals surface area (Å²) in [6.07, 6.45) is 5.67. The maximum Gasteiger partial charge on any atom is 0.191 e. The molecule has 6 nitrogen and oxygen atoms in total. The molecule has 8 heteroatoms. The molecule has 0 bridgehead atoms. The van der Waals surface area contributed by atoms with E-state index < -0.39 is 0 Å². The van der Waals surface area contributed by atoms with Crippen molar-refractivity contribution in [3.8, 4) is 0 Å². The third-order valence-corrected chi connectivity index (χ3v) is 4.45. The maximum atomic E-state index is 5.67. The van der Waals surface area contributed by atoms with Crippen molar-refractivity contribution in [2.24, 2.45) is 5.73 Å². The van der Waals surface area contributed by atoms with Gasteiger partial charge in [0.25, 0.3) is 0 Å². The van der Waals surface area contributed by atoms with E-state index >= 15 is 0 Å². The van der Waals surface area contributed by atoms with Crippen molar-refractivity contribution in [1.29, 1.82) is 0 Å². The molecule has 0 unspecified atom stereocenters. The number of aromatic nitrogens is 4. The van der Waals surface area contributed by atoms with Crippen LogP contribution in [0.2, 0.25) is 0 Å². The van der Waals surface area contributed by atoms with Crippen molar-refractivity contribution in [2.45, 2.75) is 37.9 Å². The summed E-state index contributed by atoms with van der Waals surface area (Å²) < 4.78 is 1.89. The Kier molecular flexibility index (Phi) is 6.28. The van der Waals surface area contributed by atoms with E-state index in [9.17, 15) is 0 Å². The fourth-order valence-electron chi connectivity index (χ4n) is 2.75. The summed E-state index contributed by atoms with van der Waals surface area (Å²) >= 11 is 1.68. The van der Waals surface area contributed by atoms with Gasteiger partial charge in [-0.2, -0.15) is 5.10 Å². The molecule has 0 saturated carbocycles. The van der Waals surface area contributed by atoms with E-state index in [2.05, 4.69) is 21.9 Å². The van der Waals surface area contributed by atoms with Gasteiger partial charge in [-0.05, 0) is 25.0 Å². The lowest BCUT2D eigenvalue weighted by molar-refractivity contribution is 0.572. The van der Waals surface area contributed by atoms with Gasteiger partial charge in [0, 0.05) is 19.6 Å². The maximum absolute atomic E-state index is 5.67. The van der Waals surface area contributed by atoms with Crippen molar-refractivity contribution in [3.05, 3.63) is 6.20 Å². The van der Waals surface area contributed by atoms with Crippen LogP contribution >= 0.6 is 24.2 Å². The average Bonchev–Trinajstić information content (AvgIpc) is 2.91. The fraction of sp³-hybridized carbons (Fsp3) is 0.643. The second kappa shape index (κ2) is 7.99. The van der Waals surface area contributed by atoms with E-state index in [0.29, 0.717) is 13.1 Å². The standard InChI is InChI=1S/C14H22N6S.ClH/c1-2-21-14-17-12(19-7-4-3-5-8-19)11-10-16-20(9-6-15)13(11)18-14;/h10H,2-9,15H2,1H3;1H. The van der Waals surface area contributed by atoms with Crippen molar-refractivity contribution < 1.29 is 0 Å². The van der Waals surface area contributed by atoms with Gasteiger partial charge in [0.15, 0.2) is 10.8 Å². The molecular weight excluding hydrogens is 320 g/mol. The summed E-state index contributed by atoms with van der Waals surface area (Å²) in [4.78, 5) is 11.8. The normalized spacial score (nSPS) is 15.1. The summed E-state index contributed by atoms with van der Waals surface area (Å²) in [7, 11) is 0. The highest BCUT2D eigenvalue weighted by atomic mass is 35.5. The Morgan fingerprint density at radius 2 is 2.00 bits per heavy atom. The van der Waals surface area contributed by atoms with Crippen molar-refractivity contribution in [2.75, 3.05) is 30.3 Å². The van der Waals surface area contributed by atoms with Gasteiger partial charge < -0.3 is 10.6 Å². The van der Waals surface area contributed by atoms with E-state index in [1.54, 1.807) is 11.8 Å². The van der Waals surface area contributed by atoms with Gasteiger partial charge in [0.2, 0.25) is 0 Å². The third kappa shape index (κ3) is 3.47. The minimum Gasteiger partial charge on any atom is -0.356 e.